The lowest BCUT2D eigenvalue weighted by Gasteiger charge is -2.24. The number of benzene rings is 1. The van der Waals surface area contributed by atoms with E-state index < -0.39 is 23.8 Å². The minimum Gasteiger partial charge on any atom is -0.444 e. The Labute approximate surface area is 168 Å². The third kappa shape index (κ3) is 7.49. The summed E-state index contributed by atoms with van der Waals surface area (Å²) in [6.45, 7) is 4.90. The molecule has 1 aromatic carbocycles. The predicted molar refractivity (Wildman–Crippen MR) is 105 cm³/mol. The van der Waals surface area contributed by atoms with Crippen molar-refractivity contribution in [1.82, 2.24) is 9.88 Å². The van der Waals surface area contributed by atoms with Crippen LogP contribution in [0.25, 0.3) is 0 Å². The van der Waals surface area contributed by atoms with Crippen molar-refractivity contribution in [3.63, 3.8) is 0 Å². The molecule has 1 aromatic heterocycles. The molecule has 0 saturated carbocycles. The number of hydrogen-bond acceptors (Lipinski definition) is 7. The normalized spacial score (nSPS) is 10.6. The Bertz CT molecular complexity index is 864. The van der Waals surface area contributed by atoms with Gasteiger partial charge in [0.2, 0.25) is 0 Å². The van der Waals surface area contributed by atoms with Crippen molar-refractivity contribution in [2.24, 2.45) is 0 Å². The molecular formula is C20H23N3O6. The number of esters is 1. The first-order valence-corrected chi connectivity index (χ1v) is 8.74. The molecule has 0 saturated heterocycles. The molecule has 0 unspecified atom stereocenters. The van der Waals surface area contributed by atoms with Crippen LogP contribution in [0.15, 0.2) is 48.8 Å². The molecule has 0 atom stereocenters. The van der Waals surface area contributed by atoms with Crippen molar-refractivity contribution in [2.45, 2.75) is 26.4 Å². The fraction of sp³-hybridized carbons (Fsp3) is 0.300. The second-order valence-corrected chi connectivity index (χ2v) is 7.03. The number of nitrogens with zero attached hydrogens (tertiary/aromatic N) is 2. The lowest BCUT2D eigenvalue weighted by molar-refractivity contribution is 0.000257. The molecule has 0 spiro atoms. The number of aromatic nitrogens is 1. The SMILES string of the molecule is CN(COC(=O)c1cncc(NC(=O)Oc2ccccc2)c1)C(=O)OC(C)(C)C. The van der Waals surface area contributed by atoms with Gasteiger partial charge in [0.05, 0.1) is 17.4 Å². The predicted octanol–water partition coefficient (Wildman–Crippen LogP) is 3.67. The van der Waals surface area contributed by atoms with Gasteiger partial charge in [0.25, 0.3) is 0 Å². The molecule has 1 heterocycles. The van der Waals surface area contributed by atoms with E-state index in [4.69, 9.17) is 14.2 Å². The summed E-state index contributed by atoms with van der Waals surface area (Å²) in [6, 6.07) is 9.91. The Kier molecular flexibility index (Phi) is 7.13. The fourth-order valence-corrected chi connectivity index (χ4v) is 1.99. The molecule has 9 heteroatoms. The van der Waals surface area contributed by atoms with E-state index >= 15 is 0 Å². The number of carbonyl (C=O) groups is 3. The van der Waals surface area contributed by atoms with Gasteiger partial charge in [0.1, 0.15) is 11.4 Å². The molecule has 0 fully saturated rings. The number of para-hydroxylation sites is 1. The number of rotatable bonds is 5. The summed E-state index contributed by atoms with van der Waals surface area (Å²) in [5, 5.41) is 2.48. The molecule has 0 bridgehead atoms. The van der Waals surface area contributed by atoms with E-state index in [0.29, 0.717) is 5.75 Å². The lowest BCUT2D eigenvalue weighted by Crippen LogP contribution is -2.36. The molecule has 9 nitrogen and oxygen atoms in total. The maximum Gasteiger partial charge on any atom is 0.417 e. The van der Waals surface area contributed by atoms with Crippen molar-refractivity contribution < 1.29 is 28.6 Å². The molecule has 2 amide bonds. The van der Waals surface area contributed by atoms with E-state index in [1.165, 1.54) is 25.5 Å². The molecule has 0 radical (unpaired) electrons. The number of nitrogens with one attached hydrogen (secondary N) is 1. The van der Waals surface area contributed by atoms with Crippen molar-refractivity contribution in [3.05, 3.63) is 54.4 Å². The minimum absolute atomic E-state index is 0.0973. The first kappa shape index (κ1) is 21.7. The monoisotopic (exact) mass is 401 g/mol. The molecule has 2 rings (SSSR count). The lowest BCUT2D eigenvalue weighted by atomic mass is 10.2. The molecule has 0 aliphatic carbocycles. The summed E-state index contributed by atoms with van der Waals surface area (Å²) >= 11 is 0. The second-order valence-electron chi connectivity index (χ2n) is 7.03. The zero-order valence-electron chi connectivity index (χ0n) is 16.7. The third-order valence-electron chi connectivity index (χ3n) is 3.27. The van der Waals surface area contributed by atoms with E-state index in [2.05, 4.69) is 10.3 Å². The van der Waals surface area contributed by atoms with Crippen LogP contribution in [0.3, 0.4) is 0 Å². The van der Waals surface area contributed by atoms with Crippen LogP contribution in [0.4, 0.5) is 15.3 Å². The molecule has 29 heavy (non-hydrogen) atoms. The van der Waals surface area contributed by atoms with Crippen molar-refractivity contribution in [3.8, 4) is 5.75 Å². The van der Waals surface area contributed by atoms with E-state index in [1.54, 1.807) is 51.1 Å². The summed E-state index contributed by atoms with van der Waals surface area (Å²) in [6.07, 6.45) is 1.29. The molecule has 0 aliphatic heterocycles. The first-order valence-electron chi connectivity index (χ1n) is 8.74. The van der Waals surface area contributed by atoms with Crippen LogP contribution in [-0.4, -0.2) is 47.4 Å². The van der Waals surface area contributed by atoms with Crippen LogP contribution in [0.2, 0.25) is 0 Å². The van der Waals surface area contributed by atoms with Gasteiger partial charge < -0.3 is 14.2 Å². The zero-order valence-corrected chi connectivity index (χ0v) is 16.7. The van der Waals surface area contributed by atoms with Gasteiger partial charge in [-0.1, -0.05) is 18.2 Å². The minimum atomic E-state index is -0.729. The summed E-state index contributed by atoms with van der Waals surface area (Å²) in [5.41, 5.74) is -0.311. The second kappa shape index (κ2) is 9.54. The third-order valence-corrected chi connectivity index (χ3v) is 3.27. The van der Waals surface area contributed by atoms with Crippen LogP contribution < -0.4 is 10.1 Å². The van der Waals surface area contributed by atoms with Crippen molar-refractivity contribution in [2.75, 3.05) is 19.1 Å². The summed E-state index contributed by atoms with van der Waals surface area (Å²) in [4.78, 5) is 41.0. The molecule has 1 N–H and O–H groups in total. The average molecular weight is 401 g/mol. The van der Waals surface area contributed by atoms with Gasteiger partial charge in [0, 0.05) is 13.2 Å². The number of carbonyl (C=O) groups excluding carboxylic acids is 3. The van der Waals surface area contributed by atoms with Gasteiger partial charge >= 0.3 is 18.2 Å². The summed E-state index contributed by atoms with van der Waals surface area (Å²) in [5.74, 6) is -0.341. The molecule has 154 valence electrons. The zero-order chi connectivity index (χ0) is 21.4. The van der Waals surface area contributed by atoms with Crippen LogP contribution in [0, 0.1) is 0 Å². The Morgan fingerprint density at radius 1 is 1.10 bits per heavy atom. The highest BCUT2D eigenvalue weighted by Crippen LogP contribution is 2.13. The van der Waals surface area contributed by atoms with E-state index in [0.717, 1.165) is 4.90 Å². The maximum absolute atomic E-state index is 12.2. The van der Waals surface area contributed by atoms with Crippen molar-refractivity contribution in [1.29, 1.82) is 0 Å². The first-order chi connectivity index (χ1) is 13.6. The average Bonchev–Trinajstić information content (AvgIpc) is 2.65. The molecular weight excluding hydrogens is 378 g/mol. The van der Waals surface area contributed by atoms with Crippen LogP contribution in [0.1, 0.15) is 31.1 Å². The van der Waals surface area contributed by atoms with E-state index in [9.17, 15) is 14.4 Å². The topological polar surface area (TPSA) is 107 Å². The Morgan fingerprint density at radius 3 is 2.45 bits per heavy atom. The van der Waals surface area contributed by atoms with Gasteiger partial charge in [-0.3, -0.25) is 15.2 Å². The highest BCUT2D eigenvalue weighted by molar-refractivity contribution is 5.92. The standard InChI is InChI=1S/C20H23N3O6/c1-20(2,3)29-19(26)23(4)13-27-17(24)14-10-15(12-21-11-14)22-18(25)28-16-8-6-5-7-9-16/h5-12H,13H2,1-4H3,(H,22,25). The van der Waals surface area contributed by atoms with Crippen LogP contribution in [-0.2, 0) is 9.47 Å². The Hall–Kier alpha value is -3.62. The Balaban J connectivity index is 1.90. The van der Waals surface area contributed by atoms with Gasteiger partial charge in [-0.15, -0.1) is 0 Å². The Morgan fingerprint density at radius 2 is 1.79 bits per heavy atom. The smallest absolute Gasteiger partial charge is 0.417 e. The number of anilines is 1. The van der Waals surface area contributed by atoms with Crippen LogP contribution >= 0.6 is 0 Å². The number of pyridine rings is 1. The maximum atomic E-state index is 12.2. The van der Waals surface area contributed by atoms with E-state index in [1.807, 2.05) is 0 Å². The highest BCUT2D eigenvalue weighted by Gasteiger charge is 2.20. The molecule has 0 aliphatic rings. The van der Waals surface area contributed by atoms with Crippen molar-refractivity contribution >= 4 is 23.8 Å². The highest BCUT2D eigenvalue weighted by atomic mass is 16.6. The van der Waals surface area contributed by atoms with Gasteiger partial charge in [0.15, 0.2) is 6.73 Å². The largest absolute Gasteiger partial charge is 0.444 e. The van der Waals surface area contributed by atoms with Gasteiger partial charge in [-0.05, 0) is 39.0 Å². The fourth-order valence-electron chi connectivity index (χ4n) is 1.99. The van der Waals surface area contributed by atoms with Gasteiger partial charge in [-0.25, -0.2) is 14.4 Å². The number of hydrogen-bond donors (Lipinski definition) is 1. The van der Waals surface area contributed by atoms with Crippen LogP contribution in [0.5, 0.6) is 5.75 Å². The quantitative estimate of drug-likeness (QED) is 0.601. The molecule has 2 aromatic rings. The number of ether oxygens (including phenoxy) is 3. The number of amides is 2. The van der Waals surface area contributed by atoms with E-state index in [-0.39, 0.29) is 18.0 Å². The van der Waals surface area contributed by atoms with Gasteiger partial charge in [-0.2, -0.15) is 0 Å². The summed E-state index contributed by atoms with van der Waals surface area (Å²) in [7, 11) is 1.44. The summed E-state index contributed by atoms with van der Waals surface area (Å²) < 4.78 is 15.4.